The molecule has 6 heteroatoms. The highest BCUT2D eigenvalue weighted by Gasteiger charge is 2.32. The van der Waals surface area contributed by atoms with Crippen LogP contribution in [-0.2, 0) is 25.5 Å². The number of hydrogen-bond donors (Lipinski definition) is 2. The maximum atomic E-state index is 12.6. The van der Waals surface area contributed by atoms with Gasteiger partial charge in [-0.05, 0) is 17.9 Å². The number of amides is 2. The van der Waals surface area contributed by atoms with E-state index in [-0.39, 0.29) is 11.8 Å². The molecule has 2 amide bonds. The molecular weight excluding hydrogens is 308 g/mol. The van der Waals surface area contributed by atoms with Crippen LogP contribution in [0.2, 0.25) is 0 Å². The molecule has 24 heavy (non-hydrogen) atoms. The number of rotatable bonds is 8. The first kappa shape index (κ1) is 18.0. The largest absolute Gasteiger partial charge is 0.467 e. The smallest absolute Gasteiger partial charge is 0.328 e. The van der Waals surface area contributed by atoms with E-state index in [2.05, 4.69) is 10.6 Å². The SMILES string of the molecule is COC(=O)[C@H](CC1CC1)NC(=O)[C@H](Cc1ccccc1)NC(C)=O. The third-order valence-corrected chi connectivity index (χ3v) is 4.04. The maximum absolute atomic E-state index is 12.6. The summed E-state index contributed by atoms with van der Waals surface area (Å²) in [6.07, 6.45) is 3.09. The number of carbonyl (C=O) groups is 3. The number of nitrogens with one attached hydrogen (secondary N) is 2. The van der Waals surface area contributed by atoms with Gasteiger partial charge in [-0.25, -0.2) is 4.79 Å². The zero-order valence-electron chi connectivity index (χ0n) is 14.1. The van der Waals surface area contributed by atoms with E-state index in [0.29, 0.717) is 18.8 Å². The van der Waals surface area contributed by atoms with Gasteiger partial charge in [-0.15, -0.1) is 0 Å². The molecule has 1 aromatic rings. The lowest BCUT2D eigenvalue weighted by atomic mass is 10.0. The topological polar surface area (TPSA) is 84.5 Å². The molecule has 1 saturated carbocycles. The lowest BCUT2D eigenvalue weighted by Crippen LogP contribution is -2.52. The van der Waals surface area contributed by atoms with Gasteiger partial charge < -0.3 is 15.4 Å². The molecule has 1 fully saturated rings. The Morgan fingerprint density at radius 1 is 1.12 bits per heavy atom. The summed E-state index contributed by atoms with van der Waals surface area (Å²) in [5.74, 6) is -0.646. The molecule has 0 saturated heterocycles. The quantitative estimate of drug-likeness (QED) is 0.701. The zero-order valence-corrected chi connectivity index (χ0v) is 14.1. The molecule has 0 unspecified atom stereocenters. The van der Waals surface area contributed by atoms with E-state index in [1.807, 2.05) is 30.3 Å². The van der Waals surface area contributed by atoms with Crippen molar-refractivity contribution in [3.63, 3.8) is 0 Å². The van der Waals surface area contributed by atoms with Crippen LogP contribution in [0.15, 0.2) is 30.3 Å². The van der Waals surface area contributed by atoms with Gasteiger partial charge >= 0.3 is 5.97 Å². The van der Waals surface area contributed by atoms with Crippen LogP contribution in [0.25, 0.3) is 0 Å². The molecule has 0 bridgehead atoms. The van der Waals surface area contributed by atoms with Crippen LogP contribution in [0.3, 0.4) is 0 Å². The van der Waals surface area contributed by atoms with E-state index in [9.17, 15) is 14.4 Å². The Kier molecular flexibility index (Phi) is 6.35. The van der Waals surface area contributed by atoms with Crippen molar-refractivity contribution in [2.45, 2.75) is 44.7 Å². The first-order valence-corrected chi connectivity index (χ1v) is 8.18. The number of ether oxygens (including phenoxy) is 1. The zero-order chi connectivity index (χ0) is 17.5. The minimum Gasteiger partial charge on any atom is -0.467 e. The predicted octanol–water partition coefficient (Wildman–Crippen LogP) is 1.19. The Bertz CT molecular complexity index is 584. The van der Waals surface area contributed by atoms with Crippen molar-refractivity contribution in [1.82, 2.24) is 10.6 Å². The van der Waals surface area contributed by atoms with Crippen molar-refractivity contribution in [3.05, 3.63) is 35.9 Å². The van der Waals surface area contributed by atoms with Gasteiger partial charge in [-0.2, -0.15) is 0 Å². The van der Waals surface area contributed by atoms with E-state index in [1.165, 1.54) is 14.0 Å². The highest BCUT2D eigenvalue weighted by molar-refractivity contribution is 5.90. The van der Waals surface area contributed by atoms with Crippen LogP contribution < -0.4 is 10.6 Å². The summed E-state index contributed by atoms with van der Waals surface area (Å²) in [6.45, 7) is 1.37. The van der Waals surface area contributed by atoms with Crippen LogP contribution >= 0.6 is 0 Å². The van der Waals surface area contributed by atoms with Crippen LogP contribution in [0, 0.1) is 5.92 Å². The summed E-state index contributed by atoms with van der Waals surface area (Å²) in [5.41, 5.74) is 0.934. The van der Waals surface area contributed by atoms with Crippen LogP contribution in [0.4, 0.5) is 0 Å². The van der Waals surface area contributed by atoms with E-state index in [0.717, 1.165) is 18.4 Å². The van der Waals surface area contributed by atoms with Crippen molar-refractivity contribution < 1.29 is 19.1 Å². The van der Waals surface area contributed by atoms with E-state index >= 15 is 0 Å². The highest BCUT2D eigenvalue weighted by atomic mass is 16.5. The summed E-state index contributed by atoms with van der Waals surface area (Å²) in [4.78, 5) is 35.9. The van der Waals surface area contributed by atoms with E-state index < -0.39 is 18.1 Å². The second kappa shape index (κ2) is 8.47. The lowest BCUT2D eigenvalue weighted by Gasteiger charge is -2.22. The molecule has 6 nitrogen and oxygen atoms in total. The molecule has 1 aliphatic rings. The maximum Gasteiger partial charge on any atom is 0.328 e. The lowest BCUT2D eigenvalue weighted by molar-refractivity contribution is -0.145. The average molecular weight is 332 g/mol. The van der Waals surface area contributed by atoms with E-state index in [1.54, 1.807) is 0 Å². The molecule has 0 radical (unpaired) electrons. The Hall–Kier alpha value is -2.37. The molecule has 0 spiro atoms. The Balaban J connectivity index is 2.04. The molecule has 0 aliphatic heterocycles. The van der Waals surface area contributed by atoms with Gasteiger partial charge in [0, 0.05) is 13.3 Å². The normalized spacial score (nSPS) is 15.9. The number of benzene rings is 1. The van der Waals surface area contributed by atoms with Gasteiger partial charge in [-0.1, -0.05) is 43.2 Å². The van der Waals surface area contributed by atoms with Crippen LogP contribution in [0.1, 0.15) is 31.7 Å². The van der Waals surface area contributed by atoms with E-state index in [4.69, 9.17) is 4.74 Å². The standard InChI is InChI=1S/C18H24N2O4/c1-12(21)19-15(10-13-6-4-3-5-7-13)17(22)20-16(18(23)24-2)11-14-8-9-14/h3-7,14-16H,8-11H2,1-2H3,(H,19,21)(H,20,22)/t15-,16-/m0/s1. The number of hydrogen-bond acceptors (Lipinski definition) is 4. The van der Waals surface area contributed by atoms with Gasteiger partial charge in [0.15, 0.2) is 0 Å². The monoisotopic (exact) mass is 332 g/mol. The summed E-state index contributed by atoms with van der Waals surface area (Å²) in [7, 11) is 1.31. The number of carbonyl (C=O) groups excluding carboxylic acids is 3. The molecule has 0 heterocycles. The fourth-order valence-corrected chi connectivity index (χ4v) is 2.62. The third-order valence-electron chi connectivity index (χ3n) is 4.04. The summed E-state index contributed by atoms with van der Waals surface area (Å²) >= 11 is 0. The van der Waals surface area contributed by atoms with Gasteiger partial charge in [0.1, 0.15) is 12.1 Å². The van der Waals surface area contributed by atoms with Crippen LogP contribution in [-0.4, -0.2) is 37.0 Å². The Morgan fingerprint density at radius 3 is 2.33 bits per heavy atom. The Labute approximate surface area is 142 Å². The number of methoxy groups -OCH3 is 1. The minimum absolute atomic E-state index is 0.289. The number of esters is 1. The molecule has 2 N–H and O–H groups in total. The van der Waals surface area contributed by atoms with Gasteiger partial charge in [0.05, 0.1) is 7.11 Å². The van der Waals surface area contributed by atoms with Crippen LogP contribution in [0.5, 0.6) is 0 Å². The molecule has 2 rings (SSSR count). The van der Waals surface area contributed by atoms with Crippen molar-refractivity contribution in [2.75, 3.05) is 7.11 Å². The molecule has 1 aliphatic carbocycles. The first-order valence-electron chi connectivity index (χ1n) is 8.18. The van der Waals surface area contributed by atoms with Crippen molar-refractivity contribution >= 4 is 17.8 Å². The molecular formula is C18H24N2O4. The second-order valence-corrected chi connectivity index (χ2v) is 6.21. The average Bonchev–Trinajstić information content (AvgIpc) is 3.37. The Morgan fingerprint density at radius 2 is 1.79 bits per heavy atom. The van der Waals surface area contributed by atoms with Crippen molar-refractivity contribution in [1.29, 1.82) is 0 Å². The predicted molar refractivity (Wildman–Crippen MR) is 89.0 cm³/mol. The first-order chi connectivity index (χ1) is 11.5. The van der Waals surface area contributed by atoms with Gasteiger partial charge in [0.2, 0.25) is 11.8 Å². The highest BCUT2D eigenvalue weighted by Crippen LogP contribution is 2.33. The fraction of sp³-hybridized carbons (Fsp3) is 0.500. The molecule has 130 valence electrons. The summed E-state index contributed by atoms with van der Waals surface area (Å²) < 4.78 is 4.78. The van der Waals surface area contributed by atoms with Gasteiger partial charge in [-0.3, -0.25) is 9.59 Å². The molecule has 1 aromatic carbocycles. The summed E-state index contributed by atoms with van der Waals surface area (Å²) in [5, 5.41) is 5.39. The molecule has 2 atom stereocenters. The molecule has 0 aromatic heterocycles. The summed E-state index contributed by atoms with van der Waals surface area (Å²) in [6, 6.07) is 8.04. The van der Waals surface area contributed by atoms with Crippen molar-refractivity contribution in [3.8, 4) is 0 Å². The third kappa shape index (κ3) is 5.68. The minimum atomic E-state index is -0.726. The fourth-order valence-electron chi connectivity index (χ4n) is 2.62. The van der Waals surface area contributed by atoms with Crippen molar-refractivity contribution in [2.24, 2.45) is 5.92 Å². The van der Waals surface area contributed by atoms with Gasteiger partial charge in [0.25, 0.3) is 0 Å². The second-order valence-electron chi connectivity index (χ2n) is 6.21.